The molecule has 2 aromatic rings. The Morgan fingerprint density at radius 3 is 2.48 bits per heavy atom. The summed E-state index contributed by atoms with van der Waals surface area (Å²) < 4.78 is 38.8. The number of carbonyl (C=O) groups excluding carboxylic acids is 1. The van der Waals surface area contributed by atoms with Crippen LogP contribution in [0.4, 0.5) is 5.69 Å². The van der Waals surface area contributed by atoms with E-state index in [1.54, 1.807) is 30.3 Å². The summed E-state index contributed by atoms with van der Waals surface area (Å²) in [5.74, 6) is 0.319. The van der Waals surface area contributed by atoms with Gasteiger partial charge in [0, 0.05) is 13.1 Å². The fraction of sp³-hybridized carbons (Fsp3) is 0.409. The highest BCUT2D eigenvalue weighted by molar-refractivity contribution is 7.89. The second-order valence-corrected chi connectivity index (χ2v) is 9.90. The molecule has 31 heavy (non-hydrogen) atoms. The number of halogens is 1. The van der Waals surface area contributed by atoms with E-state index in [4.69, 9.17) is 21.1 Å². The van der Waals surface area contributed by atoms with Crippen LogP contribution >= 0.6 is 11.6 Å². The topological polar surface area (TPSA) is 84.9 Å². The van der Waals surface area contributed by atoms with Gasteiger partial charge in [0.15, 0.2) is 6.61 Å². The third-order valence-electron chi connectivity index (χ3n) is 4.74. The number of amides is 1. The predicted molar refractivity (Wildman–Crippen MR) is 120 cm³/mol. The van der Waals surface area contributed by atoms with Gasteiger partial charge in [-0.2, -0.15) is 4.31 Å². The average molecular weight is 467 g/mol. The number of sulfonamides is 1. The Hall–Kier alpha value is -2.29. The van der Waals surface area contributed by atoms with Crippen molar-refractivity contribution < 1.29 is 22.7 Å². The maximum atomic E-state index is 13.0. The third-order valence-corrected chi connectivity index (χ3v) is 6.94. The summed E-state index contributed by atoms with van der Waals surface area (Å²) in [4.78, 5) is 12.6. The molecule has 1 aliphatic heterocycles. The van der Waals surface area contributed by atoms with Crippen LogP contribution in [-0.4, -0.2) is 44.4 Å². The van der Waals surface area contributed by atoms with Crippen LogP contribution in [0.1, 0.15) is 33.1 Å². The van der Waals surface area contributed by atoms with E-state index in [1.807, 2.05) is 13.8 Å². The Morgan fingerprint density at radius 1 is 1.10 bits per heavy atom. The molecule has 0 radical (unpaired) electrons. The number of nitrogens with one attached hydrogen (secondary N) is 1. The molecule has 9 heteroatoms. The summed E-state index contributed by atoms with van der Waals surface area (Å²) in [7, 11) is -3.65. The molecular formula is C22H27ClN2O5S. The Labute approximate surface area is 188 Å². The van der Waals surface area contributed by atoms with Crippen molar-refractivity contribution in [3.63, 3.8) is 0 Å². The first kappa shape index (κ1) is 23.4. The van der Waals surface area contributed by atoms with Gasteiger partial charge in [-0.15, -0.1) is 0 Å². The number of carbonyl (C=O) groups is 1. The Kier molecular flexibility index (Phi) is 7.80. The molecule has 3 rings (SSSR count). The van der Waals surface area contributed by atoms with E-state index in [0.717, 1.165) is 19.3 Å². The van der Waals surface area contributed by atoms with Crippen LogP contribution in [0.2, 0.25) is 5.02 Å². The van der Waals surface area contributed by atoms with Crippen molar-refractivity contribution in [2.24, 2.45) is 0 Å². The number of anilines is 1. The minimum atomic E-state index is -3.65. The molecule has 0 unspecified atom stereocenters. The van der Waals surface area contributed by atoms with Crippen LogP contribution in [0.25, 0.3) is 0 Å². The summed E-state index contributed by atoms with van der Waals surface area (Å²) in [5.41, 5.74) is 0.277. The van der Waals surface area contributed by atoms with Crippen molar-refractivity contribution in [2.75, 3.05) is 25.0 Å². The number of ether oxygens (including phenoxy) is 2. The van der Waals surface area contributed by atoms with Gasteiger partial charge in [-0.1, -0.05) is 30.2 Å². The fourth-order valence-corrected chi connectivity index (χ4v) is 5.00. The zero-order chi connectivity index (χ0) is 22.4. The Morgan fingerprint density at radius 2 is 1.81 bits per heavy atom. The van der Waals surface area contributed by atoms with Crippen LogP contribution in [-0.2, 0) is 14.8 Å². The Balaban J connectivity index is 1.80. The molecule has 0 spiro atoms. The second kappa shape index (κ2) is 10.3. The lowest BCUT2D eigenvalue weighted by Crippen LogP contribution is -2.35. The summed E-state index contributed by atoms with van der Waals surface area (Å²) in [6, 6.07) is 11.4. The van der Waals surface area contributed by atoms with Gasteiger partial charge < -0.3 is 14.8 Å². The number of para-hydroxylation sites is 1. The van der Waals surface area contributed by atoms with E-state index in [0.29, 0.717) is 29.6 Å². The van der Waals surface area contributed by atoms with E-state index in [9.17, 15) is 13.2 Å². The normalized spacial score (nSPS) is 15.0. The van der Waals surface area contributed by atoms with Crippen molar-refractivity contribution in [1.82, 2.24) is 4.31 Å². The molecule has 0 atom stereocenters. The van der Waals surface area contributed by atoms with Crippen molar-refractivity contribution >= 4 is 33.2 Å². The monoisotopic (exact) mass is 466 g/mol. The lowest BCUT2D eigenvalue weighted by atomic mass is 10.2. The van der Waals surface area contributed by atoms with E-state index in [2.05, 4.69) is 5.32 Å². The van der Waals surface area contributed by atoms with E-state index in [-0.39, 0.29) is 23.3 Å². The molecule has 1 heterocycles. The van der Waals surface area contributed by atoms with E-state index < -0.39 is 15.9 Å². The predicted octanol–water partition coefficient (Wildman–Crippen LogP) is 4.32. The van der Waals surface area contributed by atoms with Gasteiger partial charge in [-0.3, -0.25) is 4.79 Å². The van der Waals surface area contributed by atoms with Gasteiger partial charge in [0.1, 0.15) is 11.5 Å². The van der Waals surface area contributed by atoms with Crippen molar-refractivity contribution in [3.8, 4) is 11.5 Å². The van der Waals surface area contributed by atoms with E-state index in [1.165, 1.54) is 16.4 Å². The molecule has 1 saturated heterocycles. The minimum absolute atomic E-state index is 0.118. The number of nitrogens with zero attached hydrogens (tertiary/aromatic N) is 1. The molecule has 1 N–H and O–H groups in total. The lowest BCUT2D eigenvalue weighted by Gasteiger charge is -2.26. The van der Waals surface area contributed by atoms with Crippen LogP contribution in [0.5, 0.6) is 11.5 Å². The fourth-order valence-electron chi connectivity index (χ4n) is 3.27. The van der Waals surface area contributed by atoms with Gasteiger partial charge in [0.05, 0.1) is 21.7 Å². The summed E-state index contributed by atoms with van der Waals surface area (Å²) in [5, 5.41) is 3.10. The van der Waals surface area contributed by atoms with Gasteiger partial charge in [-0.05, 0) is 57.0 Å². The molecule has 7 nitrogen and oxygen atoms in total. The summed E-state index contributed by atoms with van der Waals surface area (Å²) in [6.45, 7) is 4.42. The first-order valence-electron chi connectivity index (χ1n) is 10.3. The van der Waals surface area contributed by atoms with Gasteiger partial charge >= 0.3 is 0 Å². The lowest BCUT2D eigenvalue weighted by molar-refractivity contribution is -0.118. The molecule has 0 bridgehead atoms. The number of hydrogen-bond acceptors (Lipinski definition) is 5. The molecule has 2 aromatic carbocycles. The van der Waals surface area contributed by atoms with Crippen LogP contribution < -0.4 is 14.8 Å². The third kappa shape index (κ3) is 6.12. The average Bonchev–Trinajstić information content (AvgIpc) is 2.74. The standard InChI is InChI=1S/C22H27ClN2O5S/c1-16(2)30-21-11-10-17(31(27,28)25-12-6-3-7-13-25)14-19(21)24-22(26)15-29-20-9-5-4-8-18(20)23/h4-5,8-11,14,16H,3,6-7,12-13,15H2,1-2H3,(H,24,26). The number of piperidine rings is 1. The minimum Gasteiger partial charge on any atom is -0.489 e. The molecule has 0 saturated carbocycles. The summed E-state index contributed by atoms with van der Waals surface area (Å²) in [6.07, 6.45) is 2.56. The molecule has 1 fully saturated rings. The summed E-state index contributed by atoms with van der Waals surface area (Å²) >= 11 is 6.05. The molecular weight excluding hydrogens is 440 g/mol. The second-order valence-electron chi connectivity index (χ2n) is 7.56. The largest absolute Gasteiger partial charge is 0.489 e. The zero-order valence-corrected chi connectivity index (χ0v) is 19.2. The molecule has 168 valence electrons. The SMILES string of the molecule is CC(C)Oc1ccc(S(=O)(=O)N2CCCCC2)cc1NC(=O)COc1ccccc1Cl. The van der Waals surface area contributed by atoms with Crippen molar-refractivity contribution in [1.29, 1.82) is 0 Å². The van der Waals surface area contributed by atoms with Crippen LogP contribution in [0.15, 0.2) is 47.4 Å². The van der Waals surface area contributed by atoms with Gasteiger partial charge in [0.2, 0.25) is 10.0 Å². The van der Waals surface area contributed by atoms with Crippen LogP contribution in [0.3, 0.4) is 0 Å². The molecule has 1 aliphatic rings. The molecule has 0 aromatic heterocycles. The quantitative estimate of drug-likeness (QED) is 0.626. The van der Waals surface area contributed by atoms with Crippen molar-refractivity contribution in [3.05, 3.63) is 47.5 Å². The smallest absolute Gasteiger partial charge is 0.262 e. The number of hydrogen-bond donors (Lipinski definition) is 1. The molecule has 0 aliphatic carbocycles. The first-order valence-corrected chi connectivity index (χ1v) is 12.1. The Bertz CT molecular complexity index is 1020. The van der Waals surface area contributed by atoms with Crippen LogP contribution in [0, 0.1) is 0 Å². The maximum Gasteiger partial charge on any atom is 0.262 e. The highest BCUT2D eigenvalue weighted by Gasteiger charge is 2.27. The first-order chi connectivity index (χ1) is 14.8. The zero-order valence-electron chi connectivity index (χ0n) is 17.6. The van der Waals surface area contributed by atoms with E-state index >= 15 is 0 Å². The van der Waals surface area contributed by atoms with Gasteiger partial charge in [0.25, 0.3) is 5.91 Å². The van der Waals surface area contributed by atoms with Crippen molar-refractivity contribution in [2.45, 2.75) is 44.1 Å². The maximum absolute atomic E-state index is 13.0. The van der Waals surface area contributed by atoms with Gasteiger partial charge in [-0.25, -0.2) is 8.42 Å². The number of rotatable bonds is 8. The highest BCUT2D eigenvalue weighted by atomic mass is 35.5. The molecule has 1 amide bonds. The highest BCUT2D eigenvalue weighted by Crippen LogP contribution is 2.31. The number of benzene rings is 2.